The maximum absolute atomic E-state index is 10.3. The lowest BCUT2D eigenvalue weighted by Gasteiger charge is -1.89. The SMILES string of the molecule is [O-][N+]1=COC=CC=C1. The van der Waals surface area contributed by atoms with E-state index in [2.05, 4.69) is 4.74 Å². The van der Waals surface area contributed by atoms with E-state index in [4.69, 9.17) is 0 Å². The van der Waals surface area contributed by atoms with Gasteiger partial charge in [-0.1, -0.05) is 0 Å². The van der Waals surface area contributed by atoms with Gasteiger partial charge in [-0.15, -0.1) is 4.74 Å². The minimum absolute atomic E-state index is 0.583. The Morgan fingerprint density at radius 3 is 3.12 bits per heavy atom. The van der Waals surface area contributed by atoms with Crippen LogP contribution in [-0.2, 0) is 4.74 Å². The van der Waals surface area contributed by atoms with Gasteiger partial charge < -0.3 is 9.94 Å². The average Bonchev–Trinajstić information content (AvgIpc) is 1.94. The first-order valence-corrected chi connectivity index (χ1v) is 2.17. The van der Waals surface area contributed by atoms with Crippen LogP contribution in [0, 0.1) is 5.21 Å². The monoisotopic (exact) mass is 111 g/mol. The molecule has 0 N–H and O–H groups in total. The van der Waals surface area contributed by atoms with E-state index in [-0.39, 0.29) is 0 Å². The van der Waals surface area contributed by atoms with Crippen molar-refractivity contribution in [3.05, 3.63) is 29.8 Å². The van der Waals surface area contributed by atoms with Gasteiger partial charge in [-0.05, 0) is 6.08 Å². The molecule has 0 spiro atoms. The Hall–Kier alpha value is -1.25. The Balaban J connectivity index is 2.69. The van der Waals surface area contributed by atoms with E-state index < -0.39 is 0 Å². The molecule has 0 atom stereocenters. The third kappa shape index (κ3) is 1.11. The molecule has 0 saturated carbocycles. The van der Waals surface area contributed by atoms with Gasteiger partial charge in [0.05, 0.1) is 6.26 Å². The molecule has 1 aliphatic rings. The summed E-state index contributed by atoms with van der Waals surface area (Å²) < 4.78 is 5.14. The Bertz CT molecular complexity index is 155. The second-order valence-electron chi connectivity index (χ2n) is 1.27. The van der Waals surface area contributed by atoms with Gasteiger partial charge >= 0.3 is 6.40 Å². The first kappa shape index (κ1) is 4.90. The Labute approximate surface area is 46.8 Å². The fourth-order valence-electron chi connectivity index (χ4n) is 0.355. The Morgan fingerprint density at radius 2 is 2.25 bits per heavy atom. The van der Waals surface area contributed by atoms with E-state index in [0.29, 0.717) is 4.74 Å². The lowest BCUT2D eigenvalue weighted by Crippen LogP contribution is -1.93. The van der Waals surface area contributed by atoms with Gasteiger partial charge in [-0.25, -0.2) is 0 Å². The van der Waals surface area contributed by atoms with E-state index in [1.165, 1.54) is 12.5 Å². The summed E-state index contributed by atoms with van der Waals surface area (Å²) in [4.78, 5) is 0. The molecule has 0 saturated heterocycles. The van der Waals surface area contributed by atoms with Crippen LogP contribution in [0.3, 0.4) is 0 Å². The van der Waals surface area contributed by atoms with Gasteiger partial charge in [0, 0.05) is 6.08 Å². The summed E-state index contributed by atoms with van der Waals surface area (Å²) in [6.07, 6.45) is 7.07. The van der Waals surface area contributed by atoms with Crippen LogP contribution < -0.4 is 0 Å². The minimum Gasteiger partial charge on any atom is -0.616 e. The van der Waals surface area contributed by atoms with E-state index in [9.17, 15) is 5.21 Å². The molecule has 0 aliphatic carbocycles. The summed E-state index contributed by atoms with van der Waals surface area (Å²) in [6.45, 7) is 0. The molecular formula is C5H5NO2. The number of hydrogen-bond donors (Lipinski definition) is 0. The minimum atomic E-state index is 0.583. The van der Waals surface area contributed by atoms with Crippen molar-refractivity contribution in [1.82, 2.24) is 0 Å². The van der Waals surface area contributed by atoms with Crippen molar-refractivity contribution in [2.75, 3.05) is 0 Å². The number of hydrogen-bond acceptors (Lipinski definition) is 2. The summed E-state index contributed by atoms with van der Waals surface area (Å²) >= 11 is 0. The predicted molar refractivity (Wildman–Crippen MR) is 29.1 cm³/mol. The molecule has 0 aromatic rings. The molecule has 0 aromatic heterocycles. The van der Waals surface area contributed by atoms with Gasteiger partial charge in [0.25, 0.3) is 0 Å². The number of ether oxygens (including phenoxy) is 1. The van der Waals surface area contributed by atoms with Crippen molar-refractivity contribution in [3.8, 4) is 0 Å². The van der Waals surface area contributed by atoms with E-state index >= 15 is 0 Å². The second kappa shape index (κ2) is 2.16. The molecule has 0 fully saturated rings. The first-order valence-electron chi connectivity index (χ1n) is 2.17. The van der Waals surface area contributed by atoms with E-state index in [1.807, 2.05) is 0 Å². The second-order valence-corrected chi connectivity index (χ2v) is 1.27. The molecule has 0 radical (unpaired) electrons. The zero-order valence-electron chi connectivity index (χ0n) is 4.15. The van der Waals surface area contributed by atoms with Crippen molar-refractivity contribution >= 4 is 6.40 Å². The normalized spacial score (nSPS) is 16.8. The summed E-state index contributed by atoms with van der Waals surface area (Å²) in [7, 11) is 0. The van der Waals surface area contributed by atoms with Crippen LogP contribution in [0.4, 0.5) is 0 Å². The number of rotatable bonds is 0. The van der Waals surface area contributed by atoms with Crippen molar-refractivity contribution in [1.29, 1.82) is 0 Å². The molecule has 0 aromatic carbocycles. The van der Waals surface area contributed by atoms with Gasteiger partial charge in [-0.3, -0.25) is 0 Å². The molecule has 0 unspecified atom stereocenters. The smallest absolute Gasteiger partial charge is 0.345 e. The van der Waals surface area contributed by atoms with Crippen molar-refractivity contribution in [3.63, 3.8) is 0 Å². The molecule has 0 amide bonds. The molecule has 3 heteroatoms. The van der Waals surface area contributed by atoms with Crippen molar-refractivity contribution in [2.24, 2.45) is 0 Å². The van der Waals surface area contributed by atoms with Crippen LogP contribution in [0.1, 0.15) is 0 Å². The van der Waals surface area contributed by atoms with Crippen LogP contribution in [-0.4, -0.2) is 11.1 Å². The fourth-order valence-corrected chi connectivity index (χ4v) is 0.355. The maximum Gasteiger partial charge on any atom is 0.345 e. The lowest BCUT2D eigenvalue weighted by atomic mass is 10.6. The summed E-state index contributed by atoms with van der Waals surface area (Å²) in [5, 5.41) is 10.3. The average molecular weight is 111 g/mol. The fraction of sp³-hybridized carbons (Fsp3) is 0. The molecule has 8 heavy (non-hydrogen) atoms. The highest BCUT2D eigenvalue weighted by Gasteiger charge is 1.84. The number of nitrogens with zero attached hydrogens (tertiary/aromatic N) is 1. The molecule has 42 valence electrons. The maximum atomic E-state index is 10.3. The lowest BCUT2D eigenvalue weighted by molar-refractivity contribution is -0.381. The molecule has 3 nitrogen and oxygen atoms in total. The zero-order valence-corrected chi connectivity index (χ0v) is 4.15. The van der Waals surface area contributed by atoms with Gasteiger partial charge in [0.1, 0.15) is 0 Å². The zero-order chi connectivity index (χ0) is 5.82. The Kier molecular flexibility index (Phi) is 1.32. The van der Waals surface area contributed by atoms with Crippen LogP contribution >= 0.6 is 0 Å². The largest absolute Gasteiger partial charge is 0.616 e. The standard InChI is InChI=1S/C5H5NO2/c7-6-3-1-2-4-8-5-6/h1-5H. The van der Waals surface area contributed by atoms with Gasteiger partial charge in [-0.2, -0.15) is 0 Å². The number of hydroxylamine groups is 1. The van der Waals surface area contributed by atoms with Gasteiger partial charge in [0.2, 0.25) is 0 Å². The van der Waals surface area contributed by atoms with Gasteiger partial charge in [0.15, 0.2) is 6.20 Å². The topological polar surface area (TPSA) is 35.3 Å². The van der Waals surface area contributed by atoms with Crippen LogP contribution in [0.2, 0.25) is 0 Å². The highest BCUT2D eigenvalue weighted by atomic mass is 16.5. The van der Waals surface area contributed by atoms with Crippen LogP contribution in [0.15, 0.2) is 24.6 Å². The van der Waals surface area contributed by atoms with Crippen LogP contribution in [0.25, 0.3) is 0 Å². The summed E-state index contributed by atoms with van der Waals surface area (Å²) in [5.74, 6) is 0. The quantitative estimate of drug-likeness (QED) is 0.338. The molecule has 0 bridgehead atoms. The van der Waals surface area contributed by atoms with E-state index in [0.717, 1.165) is 6.40 Å². The van der Waals surface area contributed by atoms with E-state index in [1.54, 1.807) is 12.2 Å². The third-order valence-corrected chi connectivity index (χ3v) is 0.666. The summed E-state index contributed by atoms with van der Waals surface area (Å²) in [5.41, 5.74) is 0. The molecule has 1 aliphatic heterocycles. The van der Waals surface area contributed by atoms with Crippen molar-refractivity contribution < 1.29 is 9.48 Å². The Morgan fingerprint density at radius 1 is 1.38 bits per heavy atom. The molecular weight excluding hydrogens is 106 g/mol. The molecule has 1 heterocycles. The number of allylic oxidation sites excluding steroid dienone is 2. The molecule has 1 rings (SSSR count). The highest BCUT2D eigenvalue weighted by molar-refractivity contribution is 5.41. The predicted octanol–water partition coefficient (Wildman–Crippen LogP) is 0.583. The first-order chi connectivity index (χ1) is 3.89. The third-order valence-electron chi connectivity index (χ3n) is 0.666. The summed E-state index contributed by atoms with van der Waals surface area (Å²) in [6, 6.07) is 0. The highest BCUT2D eigenvalue weighted by Crippen LogP contribution is 1.84. The van der Waals surface area contributed by atoms with Crippen LogP contribution in [0.5, 0.6) is 0 Å². The van der Waals surface area contributed by atoms with Crippen molar-refractivity contribution in [2.45, 2.75) is 0 Å².